The molecule has 0 aliphatic carbocycles. The molecule has 0 radical (unpaired) electrons. The van der Waals surface area contributed by atoms with Gasteiger partial charge in [-0.2, -0.15) is 5.48 Å². The highest BCUT2D eigenvalue weighted by molar-refractivity contribution is 7.91. The van der Waals surface area contributed by atoms with Crippen molar-refractivity contribution in [1.29, 1.82) is 0 Å². The second-order valence-corrected chi connectivity index (χ2v) is 8.85. The second kappa shape index (κ2) is 8.80. The van der Waals surface area contributed by atoms with Crippen molar-refractivity contribution >= 4 is 9.84 Å². The van der Waals surface area contributed by atoms with E-state index in [4.69, 9.17) is 9.47 Å². The van der Waals surface area contributed by atoms with Gasteiger partial charge in [0.25, 0.3) is 0 Å². The van der Waals surface area contributed by atoms with E-state index in [9.17, 15) is 26.8 Å². The standard InChI is InChI=1S/C19H20F3NO6S/c20-19(21,22)29-16-3-1-14(2-4-16)28-15-5-7-17(8-6-15)30(25,26)13-18(23-24)9-11-27-12-10-18/h1-8,23-24H,9-13H2. The van der Waals surface area contributed by atoms with Gasteiger partial charge in [0.2, 0.25) is 0 Å². The molecule has 2 aromatic carbocycles. The minimum Gasteiger partial charge on any atom is -0.457 e. The summed E-state index contributed by atoms with van der Waals surface area (Å²) in [6.45, 7) is 0.700. The molecule has 11 heteroatoms. The molecule has 30 heavy (non-hydrogen) atoms. The first-order chi connectivity index (χ1) is 14.1. The second-order valence-electron chi connectivity index (χ2n) is 6.86. The van der Waals surface area contributed by atoms with Crippen LogP contribution in [-0.2, 0) is 14.6 Å². The molecule has 0 amide bonds. The van der Waals surface area contributed by atoms with Gasteiger partial charge in [-0.25, -0.2) is 8.42 Å². The maximum absolute atomic E-state index is 12.7. The first kappa shape index (κ1) is 22.3. The Morgan fingerprint density at radius 2 is 1.47 bits per heavy atom. The van der Waals surface area contributed by atoms with Crippen LogP contribution in [0.25, 0.3) is 0 Å². The van der Waals surface area contributed by atoms with Gasteiger partial charge in [0, 0.05) is 13.2 Å². The summed E-state index contributed by atoms with van der Waals surface area (Å²) in [5.74, 6) is -0.109. The molecule has 0 spiro atoms. The van der Waals surface area contributed by atoms with Crippen LogP contribution < -0.4 is 15.0 Å². The highest BCUT2D eigenvalue weighted by atomic mass is 32.2. The zero-order chi connectivity index (χ0) is 21.8. The van der Waals surface area contributed by atoms with Crippen LogP contribution in [0.2, 0.25) is 0 Å². The first-order valence-electron chi connectivity index (χ1n) is 8.96. The summed E-state index contributed by atoms with van der Waals surface area (Å²) in [5.41, 5.74) is 1.18. The smallest absolute Gasteiger partial charge is 0.457 e. The predicted molar refractivity (Wildman–Crippen MR) is 99.4 cm³/mol. The van der Waals surface area contributed by atoms with Crippen molar-refractivity contribution in [1.82, 2.24) is 5.48 Å². The zero-order valence-electron chi connectivity index (χ0n) is 15.7. The van der Waals surface area contributed by atoms with Crippen molar-refractivity contribution in [3.8, 4) is 17.2 Å². The Kier molecular flexibility index (Phi) is 6.56. The summed E-state index contributed by atoms with van der Waals surface area (Å²) in [6.07, 6.45) is -4.06. The van der Waals surface area contributed by atoms with Gasteiger partial charge in [0.05, 0.1) is 16.2 Å². The van der Waals surface area contributed by atoms with Gasteiger partial charge in [-0.3, -0.25) is 0 Å². The largest absolute Gasteiger partial charge is 0.573 e. The molecule has 2 N–H and O–H groups in total. The predicted octanol–water partition coefficient (Wildman–Crippen LogP) is 3.68. The van der Waals surface area contributed by atoms with Crippen LogP contribution in [0.3, 0.4) is 0 Å². The monoisotopic (exact) mass is 447 g/mol. The van der Waals surface area contributed by atoms with E-state index in [2.05, 4.69) is 10.2 Å². The molecular weight excluding hydrogens is 427 g/mol. The molecule has 1 fully saturated rings. The molecule has 7 nitrogen and oxygen atoms in total. The van der Waals surface area contributed by atoms with Crippen molar-refractivity contribution in [2.24, 2.45) is 0 Å². The molecule has 164 valence electrons. The van der Waals surface area contributed by atoms with E-state index in [0.29, 0.717) is 31.8 Å². The Bertz CT molecular complexity index is 940. The molecule has 1 heterocycles. The number of rotatable bonds is 7. The fraction of sp³-hybridized carbons (Fsp3) is 0.368. The molecule has 1 aliphatic heterocycles. The normalized spacial score (nSPS) is 16.8. The Labute approximate surface area is 171 Å². The molecule has 3 rings (SSSR count). The fourth-order valence-electron chi connectivity index (χ4n) is 3.06. The number of hydrogen-bond acceptors (Lipinski definition) is 7. The molecule has 0 atom stereocenters. The number of nitrogens with one attached hydrogen (secondary N) is 1. The summed E-state index contributed by atoms with van der Waals surface area (Å²) >= 11 is 0. The number of halogens is 3. The number of benzene rings is 2. The summed E-state index contributed by atoms with van der Waals surface area (Å²) < 4.78 is 76.6. The zero-order valence-corrected chi connectivity index (χ0v) is 16.5. The quantitative estimate of drug-likeness (QED) is 0.626. The minimum absolute atomic E-state index is 0.0601. The highest BCUT2D eigenvalue weighted by Crippen LogP contribution is 2.29. The van der Waals surface area contributed by atoms with Crippen molar-refractivity contribution in [3.63, 3.8) is 0 Å². The van der Waals surface area contributed by atoms with Crippen LogP contribution in [0.1, 0.15) is 12.8 Å². The Hall–Kier alpha value is -2.34. The van der Waals surface area contributed by atoms with E-state index < -0.39 is 21.7 Å². The Balaban J connectivity index is 1.67. The minimum atomic E-state index is -4.78. The molecule has 0 aromatic heterocycles. The molecular formula is C19H20F3NO6S. The van der Waals surface area contributed by atoms with E-state index in [1.807, 2.05) is 0 Å². The molecule has 0 saturated carbocycles. The number of sulfone groups is 1. The first-order valence-corrected chi connectivity index (χ1v) is 10.6. The highest BCUT2D eigenvalue weighted by Gasteiger charge is 2.37. The third-order valence-electron chi connectivity index (χ3n) is 4.63. The average molecular weight is 447 g/mol. The van der Waals surface area contributed by atoms with E-state index in [1.54, 1.807) is 0 Å². The lowest BCUT2D eigenvalue weighted by Crippen LogP contribution is -2.52. The van der Waals surface area contributed by atoms with E-state index >= 15 is 0 Å². The summed E-state index contributed by atoms with van der Waals surface area (Å²) in [6, 6.07) is 10.4. The van der Waals surface area contributed by atoms with Gasteiger partial charge in [-0.15, -0.1) is 13.2 Å². The molecule has 1 saturated heterocycles. The lowest BCUT2D eigenvalue weighted by atomic mass is 9.93. The van der Waals surface area contributed by atoms with E-state index in [-0.39, 0.29) is 22.1 Å². The molecule has 1 aliphatic rings. The van der Waals surface area contributed by atoms with Crippen LogP contribution in [0.15, 0.2) is 53.4 Å². The van der Waals surface area contributed by atoms with Crippen molar-refractivity contribution < 1.29 is 41.0 Å². The number of alkyl halides is 3. The Morgan fingerprint density at radius 3 is 1.97 bits per heavy atom. The third kappa shape index (κ3) is 5.85. The SMILES string of the molecule is O=S(=O)(CC1(NO)CCOCC1)c1ccc(Oc2ccc(OC(F)(F)F)cc2)cc1. The maximum Gasteiger partial charge on any atom is 0.573 e. The summed E-state index contributed by atoms with van der Waals surface area (Å²) in [5, 5.41) is 9.48. The molecule has 0 bridgehead atoms. The van der Waals surface area contributed by atoms with E-state index in [0.717, 1.165) is 12.1 Å². The van der Waals surface area contributed by atoms with Crippen LogP contribution >= 0.6 is 0 Å². The van der Waals surface area contributed by atoms with Crippen LogP contribution in [0.4, 0.5) is 13.2 Å². The number of hydroxylamine groups is 1. The van der Waals surface area contributed by atoms with Gasteiger partial charge in [-0.1, -0.05) is 0 Å². The van der Waals surface area contributed by atoms with Gasteiger partial charge in [0.1, 0.15) is 17.2 Å². The maximum atomic E-state index is 12.7. The summed E-state index contributed by atoms with van der Waals surface area (Å²) in [7, 11) is -3.70. The van der Waals surface area contributed by atoms with E-state index in [1.165, 1.54) is 36.4 Å². The van der Waals surface area contributed by atoms with Crippen molar-refractivity contribution in [2.45, 2.75) is 29.6 Å². The number of hydrogen-bond donors (Lipinski definition) is 2. The third-order valence-corrected chi connectivity index (χ3v) is 6.55. The Morgan fingerprint density at radius 1 is 0.967 bits per heavy atom. The lowest BCUT2D eigenvalue weighted by molar-refractivity contribution is -0.274. The molecule has 2 aromatic rings. The summed E-state index contributed by atoms with van der Waals surface area (Å²) in [4.78, 5) is 0.0601. The van der Waals surface area contributed by atoms with Crippen LogP contribution in [0, 0.1) is 0 Å². The topological polar surface area (TPSA) is 94.1 Å². The van der Waals surface area contributed by atoms with Gasteiger partial charge in [0.15, 0.2) is 9.84 Å². The van der Waals surface area contributed by atoms with Gasteiger partial charge in [-0.05, 0) is 61.4 Å². The lowest BCUT2D eigenvalue weighted by Gasteiger charge is -2.35. The van der Waals surface area contributed by atoms with Crippen LogP contribution in [-0.4, -0.2) is 44.5 Å². The molecule has 0 unspecified atom stereocenters. The van der Waals surface area contributed by atoms with Crippen LogP contribution in [0.5, 0.6) is 17.2 Å². The van der Waals surface area contributed by atoms with Crippen molar-refractivity contribution in [2.75, 3.05) is 19.0 Å². The fourth-order valence-corrected chi connectivity index (χ4v) is 4.86. The average Bonchev–Trinajstić information content (AvgIpc) is 2.69. The van der Waals surface area contributed by atoms with Gasteiger partial charge < -0.3 is 19.4 Å². The van der Waals surface area contributed by atoms with Crippen molar-refractivity contribution in [3.05, 3.63) is 48.5 Å². The van der Waals surface area contributed by atoms with Gasteiger partial charge >= 0.3 is 6.36 Å². The number of ether oxygens (including phenoxy) is 3.